The number of carbonyl (C=O) groups is 1. The maximum absolute atomic E-state index is 14.7. The lowest BCUT2D eigenvalue weighted by Crippen LogP contribution is -2.34. The molecule has 2 aromatic rings. The van der Waals surface area contributed by atoms with Gasteiger partial charge in [-0.25, -0.2) is 13.6 Å². The van der Waals surface area contributed by atoms with E-state index in [1.165, 1.54) is 18.2 Å². The Balaban J connectivity index is 2.03. The van der Waals surface area contributed by atoms with Crippen LogP contribution in [0, 0.1) is 17.0 Å². The third-order valence-electron chi connectivity index (χ3n) is 4.78. The summed E-state index contributed by atoms with van der Waals surface area (Å²) in [5.74, 6) is -0.929. The molecule has 0 bridgehead atoms. The molecule has 1 amide bonds. The standard InChI is InChI=1S/C20H21F2NO3/c1-4-26-17-6-5-11(8-16(17)22)13-7-12-10-20(2,3)18(23-19(24)25)14(12)9-15(13)21/h5-9,18,23H,4,10H2,1-3H3,(H,24,25). The Labute approximate surface area is 150 Å². The number of fused-ring (bicyclic) bond motifs is 1. The van der Waals surface area contributed by atoms with Crippen molar-refractivity contribution in [1.82, 2.24) is 5.32 Å². The predicted octanol–water partition coefficient (Wildman–Crippen LogP) is 4.92. The fourth-order valence-corrected chi connectivity index (χ4v) is 3.63. The smallest absolute Gasteiger partial charge is 0.405 e. The molecule has 3 rings (SSSR count). The highest BCUT2D eigenvalue weighted by Crippen LogP contribution is 2.47. The van der Waals surface area contributed by atoms with Crippen molar-refractivity contribution in [3.63, 3.8) is 0 Å². The van der Waals surface area contributed by atoms with Crippen molar-refractivity contribution in [3.05, 3.63) is 53.1 Å². The van der Waals surface area contributed by atoms with E-state index in [0.29, 0.717) is 24.2 Å². The molecule has 1 unspecified atom stereocenters. The molecule has 0 radical (unpaired) electrons. The Morgan fingerprint density at radius 2 is 2.00 bits per heavy atom. The highest BCUT2D eigenvalue weighted by Gasteiger charge is 2.40. The molecular weight excluding hydrogens is 340 g/mol. The van der Waals surface area contributed by atoms with Gasteiger partial charge in [0.25, 0.3) is 0 Å². The highest BCUT2D eigenvalue weighted by atomic mass is 19.1. The number of rotatable bonds is 4. The second-order valence-electron chi connectivity index (χ2n) is 7.16. The molecule has 26 heavy (non-hydrogen) atoms. The number of halogens is 2. The second kappa shape index (κ2) is 6.59. The van der Waals surface area contributed by atoms with Gasteiger partial charge in [-0.2, -0.15) is 0 Å². The summed E-state index contributed by atoms with van der Waals surface area (Å²) in [6.45, 7) is 5.97. The average Bonchev–Trinajstić information content (AvgIpc) is 2.78. The zero-order chi connectivity index (χ0) is 19.1. The Morgan fingerprint density at radius 3 is 2.62 bits per heavy atom. The Kier molecular flexibility index (Phi) is 4.61. The van der Waals surface area contributed by atoms with Crippen molar-refractivity contribution < 1.29 is 23.4 Å². The number of amides is 1. The largest absolute Gasteiger partial charge is 0.491 e. The fourth-order valence-electron chi connectivity index (χ4n) is 3.63. The van der Waals surface area contributed by atoms with Crippen molar-refractivity contribution in [2.45, 2.75) is 33.2 Å². The minimum absolute atomic E-state index is 0.129. The van der Waals surface area contributed by atoms with Crippen LogP contribution in [0.15, 0.2) is 30.3 Å². The van der Waals surface area contributed by atoms with E-state index in [0.717, 1.165) is 5.56 Å². The molecule has 0 spiro atoms. The molecule has 1 aliphatic rings. The molecule has 0 saturated heterocycles. The van der Waals surface area contributed by atoms with Crippen molar-refractivity contribution >= 4 is 6.09 Å². The molecule has 0 heterocycles. The van der Waals surface area contributed by atoms with Crippen molar-refractivity contribution in [2.75, 3.05) is 6.61 Å². The third-order valence-corrected chi connectivity index (χ3v) is 4.78. The first-order valence-corrected chi connectivity index (χ1v) is 8.47. The lowest BCUT2D eigenvalue weighted by Gasteiger charge is -2.27. The first-order valence-electron chi connectivity index (χ1n) is 8.47. The van der Waals surface area contributed by atoms with Crippen LogP contribution in [0.25, 0.3) is 11.1 Å². The topological polar surface area (TPSA) is 58.6 Å². The van der Waals surface area contributed by atoms with Crippen molar-refractivity contribution in [2.24, 2.45) is 5.41 Å². The van der Waals surface area contributed by atoms with Gasteiger partial charge in [0.05, 0.1) is 12.6 Å². The van der Waals surface area contributed by atoms with E-state index in [2.05, 4.69) is 5.32 Å². The second-order valence-corrected chi connectivity index (χ2v) is 7.16. The molecule has 6 heteroatoms. The summed E-state index contributed by atoms with van der Waals surface area (Å²) in [6.07, 6.45) is -0.547. The molecule has 0 fully saturated rings. The van der Waals surface area contributed by atoms with Gasteiger partial charge in [0.2, 0.25) is 0 Å². The van der Waals surface area contributed by atoms with Crippen LogP contribution in [0.3, 0.4) is 0 Å². The van der Waals surface area contributed by atoms with E-state index in [4.69, 9.17) is 9.84 Å². The molecule has 1 aliphatic carbocycles. The number of hydrogen-bond acceptors (Lipinski definition) is 2. The summed E-state index contributed by atoms with van der Waals surface area (Å²) in [4.78, 5) is 11.1. The quantitative estimate of drug-likeness (QED) is 0.812. The number of ether oxygens (including phenoxy) is 1. The molecule has 138 valence electrons. The van der Waals surface area contributed by atoms with Crippen LogP contribution in [-0.4, -0.2) is 17.8 Å². The van der Waals surface area contributed by atoms with Gasteiger partial charge in [-0.1, -0.05) is 19.9 Å². The number of nitrogens with one attached hydrogen (secondary N) is 1. The maximum Gasteiger partial charge on any atom is 0.405 e. The van der Waals surface area contributed by atoms with Crippen molar-refractivity contribution in [3.8, 4) is 16.9 Å². The minimum Gasteiger partial charge on any atom is -0.491 e. The molecule has 0 aromatic heterocycles. The van der Waals surface area contributed by atoms with Gasteiger partial charge in [-0.05, 0) is 59.7 Å². The summed E-state index contributed by atoms with van der Waals surface area (Å²) >= 11 is 0. The average molecular weight is 361 g/mol. The molecule has 0 aliphatic heterocycles. The third kappa shape index (κ3) is 3.23. The van der Waals surface area contributed by atoms with Gasteiger partial charge in [0, 0.05) is 5.56 Å². The van der Waals surface area contributed by atoms with Crippen LogP contribution in [0.2, 0.25) is 0 Å². The summed E-state index contributed by atoms with van der Waals surface area (Å²) in [5, 5.41) is 11.6. The van der Waals surface area contributed by atoms with Gasteiger partial charge in [-0.15, -0.1) is 0 Å². The van der Waals surface area contributed by atoms with E-state index in [-0.39, 0.29) is 16.7 Å². The van der Waals surface area contributed by atoms with Crippen LogP contribution in [0.1, 0.15) is 37.9 Å². The van der Waals surface area contributed by atoms with Crippen LogP contribution >= 0.6 is 0 Å². The Morgan fingerprint density at radius 1 is 1.27 bits per heavy atom. The molecule has 0 saturated carbocycles. The SMILES string of the molecule is CCOc1ccc(-c2cc3c(cc2F)C(NC(=O)O)C(C)(C)C3)cc1F. The monoisotopic (exact) mass is 361 g/mol. The predicted molar refractivity (Wildman–Crippen MR) is 94.3 cm³/mol. The van der Waals surface area contributed by atoms with E-state index in [9.17, 15) is 13.6 Å². The Hall–Kier alpha value is -2.63. The first-order chi connectivity index (χ1) is 12.2. The van der Waals surface area contributed by atoms with E-state index in [1.54, 1.807) is 19.1 Å². The van der Waals surface area contributed by atoms with E-state index >= 15 is 0 Å². The lowest BCUT2D eigenvalue weighted by molar-refractivity contribution is 0.175. The van der Waals surface area contributed by atoms with Crippen LogP contribution in [-0.2, 0) is 6.42 Å². The molecule has 2 N–H and O–H groups in total. The van der Waals surface area contributed by atoms with Crippen LogP contribution < -0.4 is 10.1 Å². The van der Waals surface area contributed by atoms with Gasteiger partial charge in [0.15, 0.2) is 11.6 Å². The normalized spacial score (nSPS) is 17.7. The van der Waals surface area contributed by atoms with Crippen LogP contribution in [0.5, 0.6) is 5.75 Å². The van der Waals surface area contributed by atoms with Crippen LogP contribution in [0.4, 0.5) is 13.6 Å². The first kappa shape index (κ1) is 18.2. The number of benzene rings is 2. The van der Waals surface area contributed by atoms with Crippen molar-refractivity contribution in [1.29, 1.82) is 0 Å². The summed E-state index contributed by atoms with van der Waals surface area (Å²) in [5.41, 5.74) is 1.82. The molecular formula is C20H21F2NO3. The fraction of sp³-hybridized carbons (Fsp3) is 0.350. The van der Waals surface area contributed by atoms with Gasteiger partial charge in [-0.3, -0.25) is 0 Å². The zero-order valence-electron chi connectivity index (χ0n) is 14.9. The molecule has 2 aromatic carbocycles. The Bertz CT molecular complexity index is 864. The van der Waals surface area contributed by atoms with E-state index < -0.39 is 23.8 Å². The lowest BCUT2D eigenvalue weighted by atomic mass is 9.85. The maximum atomic E-state index is 14.7. The van der Waals surface area contributed by atoms with E-state index in [1.807, 2.05) is 13.8 Å². The number of hydrogen-bond donors (Lipinski definition) is 2. The zero-order valence-corrected chi connectivity index (χ0v) is 14.9. The summed E-state index contributed by atoms with van der Waals surface area (Å²) < 4.78 is 34.1. The summed E-state index contributed by atoms with van der Waals surface area (Å²) in [7, 11) is 0. The molecule has 1 atom stereocenters. The highest BCUT2D eigenvalue weighted by molar-refractivity contribution is 5.69. The van der Waals surface area contributed by atoms with Gasteiger partial charge >= 0.3 is 6.09 Å². The molecule has 4 nitrogen and oxygen atoms in total. The van der Waals surface area contributed by atoms with Gasteiger partial charge in [0.1, 0.15) is 5.82 Å². The summed E-state index contributed by atoms with van der Waals surface area (Å²) in [6, 6.07) is 6.91. The minimum atomic E-state index is -1.14. The number of carboxylic acid groups (broad SMARTS) is 1. The van der Waals surface area contributed by atoms with Gasteiger partial charge < -0.3 is 15.2 Å².